The summed E-state index contributed by atoms with van der Waals surface area (Å²) in [6, 6.07) is 85.2. The van der Waals surface area contributed by atoms with Gasteiger partial charge in [-0.2, -0.15) is 0 Å². The summed E-state index contributed by atoms with van der Waals surface area (Å²) in [5.41, 5.74) is 16.9. The van der Waals surface area contributed by atoms with Crippen molar-refractivity contribution in [2.45, 2.75) is 0 Å². The molecule has 0 spiro atoms. The van der Waals surface area contributed by atoms with Gasteiger partial charge in [-0.25, -0.2) is 0 Å². The zero-order chi connectivity index (χ0) is 41.7. The first-order chi connectivity index (χ1) is 31.2. The Morgan fingerprint density at radius 2 is 0.762 bits per heavy atom. The van der Waals surface area contributed by atoms with Gasteiger partial charge < -0.3 is 9.32 Å². The lowest BCUT2D eigenvalue weighted by molar-refractivity contribution is 0.670. The van der Waals surface area contributed by atoms with Crippen LogP contribution in [-0.4, -0.2) is 0 Å². The van der Waals surface area contributed by atoms with E-state index in [0.717, 1.165) is 61.3 Å². The van der Waals surface area contributed by atoms with Gasteiger partial charge in [0, 0.05) is 53.6 Å². The number of thiophene rings is 1. The normalized spacial score (nSPS) is 11.5. The van der Waals surface area contributed by atoms with Gasteiger partial charge in [0.1, 0.15) is 11.2 Å². The van der Waals surface area contributed by atoms with Crippen molar-refractivity contribution in [1.82, 2.24) is 0 Å². The lowest BCUT2D eigenvalue weighted by atomic mass is 9.94. The molecule has 0 bridgehead atoms. The van der Waals surface area contributed by atoms with Gasteiger partial charge in [-0.3, -0.25) is 0 Å². The summed E-state index contributed by atoms with van der Waals surface area (Å²) < 4.78 is 9.14. The Kier molecular flexibility index (Phi) is 9.06. The molecule has 63 heavy (non-hydrogen) atoms. The summed E-state index contributed by atoms with van der Waals surface area (Å²) in [7, 11) is 0. The van der Waals surface area contributed by atoms with E-state index in [1.54, 1.807) is 0 Å². The van der Waals surface area contributed by atoms with Crippen molar-refractivity contribution in [2.75, 3.05) is 4.90 Å². The molecular formula is C60H39NOS. The van der Waals surface area contributed by atoms with E-state index in [1.165, 1.54) is 53.6 Å². The van der Waals surface area contributed by atoms with Crippen LogP contribution in [-0.2, 0) is 0 Å². The maximum absolute atomic E-state index is 6.51. The van der Waals surface area contributed by atoms with E-state index in [-0.39, 0.29) is 0 Å². The average Bonchev–Trinajstić information content (AvgIpc) is 3.94. The van der Waals surface area contributed by atoms with E-state index >= 15 is 0 Å². The predicted molar refractivity (Wildman–Crippen MR) is 268 cm³/mol. The van der Waals surface area contributed by atoms with E-state index in [0.29, 0.717) is 0 Å². The van der Waals surface area contributed by atoms with E-state index in [4.69, 9.17) is 4.42 Å². The van der Waals surface area contributed by atoms with Gasteiger partial charge in [0.15, 0.2) is 0 Å². The molecule has 0 amide bonds. The molecule has 0 fully saturated rings. The third kappa shape index (κ3) is 6.58. The number of fused-ring (bicyclic) bond motifs is 6. The van der Waals surface area contributed by atoms with Crippen LogP contribution in [0.15, 0.2) is 241 Å². The second-order valence-corrected chi connectivity index (χ2v) is 17.1. The van der Waals surface area contributed by atoms with Crippen LogP contribution in [0, 0.1) is 0 Å². The Balaban J connectivity index is 0.931. The summed E-state index contributed by atoms with van der Waals surface area (Å²) in [4.78, 5) is 2.36. The highest BCUT2D eigenvalue weighted by atomic mass is 32.1. The lowest BCUT2D eigenvalue weighted by Gasteiger charge is -2.26. The van der Waals surface area contributed by atoms with Crippen LogP contribution in [0.4, 0.5) is 17.1 Å². The van der Waals surface area contributed by atoms with Gasteiger partial charge in [-0.05, 0) is 111 Å². The number of rotatable bonds is 8. The highest BCUT2D eigenvalue weighted by Gasteiger charge is 2.18. The number of furan rings is 1. The van der Waals surface area contributed by atoms with Crippen LogP contribution < -0.4 is 4.90 Å². The van der Waals surface area contributed by atoms with E-state index in [9.17, 15) is 0 Å². The first-order valence-corrected chi connectivity index (χ1v) is 22.2. The Bertz CT molecular complexity index is 3590. The Labute approximate surface area is 370 Å². The zero-order valence-corrected chi connectivity index (χ0v) is 35.1. The number of hydrogen-bond acceptors (Lipinski definition) is 3. The van der Waals surface area contributed by atoms with Crippen molar-refractivity contribution in [3.63, 3.8) is 0 Å². The Hall–Kier alpha value is -7.98. The molecule has 2 aromatic heterocycles. The molecule has 0 aliphatic heterocycles. The zero-order valence-electron chi connectivity index (χ0n) is 34.3. The minimum atomic E-state index is 0.890. The standard InChI is InChI=1S/C60H39NOS/c1-3-13-41(14-4-1)49-17-7-8-18-50(49)43-27-34-47(35-28-43)61(48-36-29-44(30-37-48)51-20-12-24-58-59(51)54-19-9-10-23-57(54)63-58)46-32-25-40(26-33-46)45-31-38-56-55(39-45)53-22-11-21-52(60(53)62-56)42-15-5-2-6-16-42/h1-39H. The van der Waals surface area contributed by atoms with Crippen molar-refractivity contribution in [3.05, 3.63) is 237 Å². The molecule has 10 aromatic carbocycles. The molecule has 0 N–H and O–H groups in total. The number of hydrogen-bond donors (Lipinski definition) is 0. The van der Waals surface area contributed by atoms with Crippen LogP contribution in [0.2, 0.25) is 0 Å². The molecule has 3 heteroatoms. The first kappa shape index (κ1) is 36.8. The van der Waals surface area contributed by atoms with Crippen molar-refractivity contribution in [1.29, 1.82) is 0 Å². The third-order valence-electron chi connectivity index (χ3n) is 12.3. The van der Waals surface area contributed by atoms with Gasteiger partial charge in [0.05, 0.1) is 0 Å². The van der Waals surface area contributed by atoms with Gasteiger partial charge in [0.2, 0.25) is 0 Å². The molecule has 0 aliphatic rings. The Morgan fingerprint density at radius 3 is 1.43 bits per heavy atom. The van der Waals surface area contributed by atoms with Gasteiger partial charge in [-0.1, -0.05) is 176 Å². The summed E-state index contributed by atoms with van der Waals surface area (Å²) in [6.45, 7) is 0. The molecule has 0 saturated carbocycles. The highest BCUT2D eigenvalue weighted by molar-refractivity contribution is 7.25. The second-order valence-electron chi connectivity index (χ2n) is 16.0. The molecule has 2 heterocycles. The molecule has 2 nitrogen and oxygen atoms in total. The quantitative estimate of drug-likeness (QED) is 0.152. The smallest absolute Gasteiger partial charge is 0.143 e. The molecule has 0 atom stereocenters. The molecular weight excluding hydrogens is 783 g/mol. The minimum absolute atomic E-state index is 0.890. The fourth-order valence-corrected chi connectivity index (χ4v) is 10.4. The van der Waals surface area contributed by atoms with E-state index < -0.39 is 0 Å². The van der Waals surface area contributed by atoms with E-state index in [2.05, 4.69) is 235 Å². The summed E-state index contributed by atoms with van der Waals surface area (Å²) in [6.07, 6.45) is 0. The van der Waals surface area contributed by atoms with Crippen LogP contribution in [0.5, 0.6) is 0 Å². The molecule has 0 unspecified atom stereocenters. The number of anilines is 3. The second kappa shape index (κ2) is 15.5. The lowest BCUT2D eigenvalue weighted by Crippen LogP contribution is -2.09. The van der Waals surface area contributed by atoms with Crippen LogP contribution in [0.25, 0.3) is 97.7 Å². The SMILES string of the molecule is c1ccc(-c2ccccc2-c2ccc(N(c3ccc(-c4ccc5oc6c(-c7ccccc7)cccc6c5c4)cc3)c3ccc(-c4cccc5sc6ccccc6c45)cc3)cc2)cc1. The fourth-order valence-electron chi connectivity index (χ4n) is 9.27. The third-order valence-corrected chi connectivity index (χ3v) is 13.5. The van der Waals surface area contributed by atoms with Crippen LogP contribution >= 0.6 is 11.3 Å². The average molecular weight is 822 g/mol. The maximum Gasteiger partial charge on any atom is 0.143 e. The number of benzene rings is 10. The van der Waals surface area contributed by atoms with Crippen LogP contribution in [0.1, 0.15) is 0 Å². The monoisotopic (exact) mass is 821 g/mol. The number of nitrogens with zero attached hydrogens (tertiary/aromatic N) is 1. The van der Waals surface area contributed by atoms with Crippen molar-refractivity contribution >= 4 is 70.5 Å². The summed E-state index contributed by atoms with van der Waals surface area (Å²) in [5, 5.41) is 4.87. The molecule has 12 rings (SSSR count). The van der Waals surface area contributed by atoms with Gasteiger partial charge in [0.25, 0.3) is 0 Å². The van der Waals surface area contributed by atoms with Gasteiger partial charge in [-0.15, -0.1) is 11.3 Å². The number of para-hydroxylation sites is 1. The van der Waals surface area contributed by atoms with Crippen molar-refractivity contribution in [2.24, 2.45) is 0 Å². The molecule has 296 valence electrons. The van der Waals surface area contributed by atoms with Gasteiger partial charge >= 0.3 is 0 Å². The topological polar surface area (TPSA) is 16.4 Å². The van der Waals surface area contributed by atoms with E-state index in [1.807, 2.05) is 17.4 Å². The molecule has 0 aliphatic carbocycles. The summed E-state index contributed by atoms with van der Waals surface area (Å²) in [5.74, 6) is 0. The first-order valence-electron chi connectivity index (χ1n) is 21.4. The minimum Gasteiger partial charge on any atom is -0.455 e. The predicted octanol–water partition coefficient (Wildman–Crippen LogP) is 17.8. The fraction of sp³-hybridized carbons (Fsp3) is 0. The molecule has 0 radical (unpaired) electrons. The van der Waals surface area contributed by atoms with Crippen molar-refractivity contribution < 1.29 is 4.42 Å². The molecule has 12 aromatic rings. The van der Waals surface area contributed by atoms with Crippen LogP contribution in [0.3, 0.4) is 0 Å². The largest absolute Gasteiger partial charge is 0.455 e. The maximum atomic E-state index is 6.51. The summed E-state index contributed by atoms with van der Waals surface area (Å²) >= 11 is 1.86. The molecule has 0 saturated heterocycles. The van der Waals surface area contributed by atoms with Crippen molar-refractivity contribution in [3.8, 4) is 55.6 Å². The highest BCUT2D eigenvalue weighted by Crippen LogP contribution is 2.43. The Morgan fingerprint density at radius 1 is 0.302 bits per heavy atom.